The first-order valence-electron chi connectivity index (χ1n) is 8.49. The monoisotopic (exact) mass is 750 g/mol. The van der Waals surface area contributed by atoms with Crippen LogP contribution < -0.4 is 30.1 Å². The van der Waals surface area contributed by atoms with Crippen LogP contribution in [0, 0.1) is 82.6 Å². The van der Waals surface area contributed by atoms with Crippen molar-refractivity contribution in [2.75, 3.05) is 0 Å². The molecular weight excluding hydrogens is 748 g/mol. The number of hydrogen-bond acceptors (Lipinski definition) is 21. The van der Waals surface area contributed by atoms with E-state index in [4.69, 9.17) is 0 Å². The zero-order chi connectivity index (χ0) is 23.5. The van der Waals surface area contributed by atoms with Crippen LogP contribution in [-0.4, -0.2) is 87.9 Å². The summed E-state index contributed by atoms with van der Waals surface area (Å²) in [5.74, 6) is 0. The third-order valence-corrected chi connectivity index (χ3v) is 3.33. The maximum Gasteiger partial charge on any atom is 3.00 e. The fraction of sp³-hybridized carbons (Fsp3) is 0. The van der Waals surface area contributed by atoms with E-state index in [0.29, 0.717) is 0 Å². The Bertz CT molecular complexity index is 439. The first-order chi connectivity index (χ1) is 15.7. The zero-order valence-electron chi connectivity index (χ0n) is 16.7. The molecular formula is B12O21Pr2. The number of rotatable bonds is 0. The van der Waals surface area contributed by atoms with Crippen molar-refractivity contribution in [3.8, 4) is 0 Å². The Hall–Kier alpha value is 2.67. The normalized spacial score (nSPS) is 23.1. The molecule has 6 aliphatic rings. The molecule has 0 saturated carbocycles. The maximum absolute atomic E-state index is 10.5. The summed E-state index contributed by atoms with van der Waals surface area (Å²) in [6.45, 7) is 0. The molecule has 0 spiro atoms. The van der Waals surface area contributed by atoms with Crippen molar-refractivity contribution in [1.29, 1.82) is 0 Å². The zero-order valence-corrected chi connectivity index (χ0v) is 24.1. The van der Waals surface area contributed by atoms with Gasteiger partial charge < -0.3 is 98.7 Å². The fourth-order valence-electron chi connectivity index (χ4n) is 2.13. The minimum Gasteiger partial charge on any atom is -0.833 e. The van der Waals surface area contributed by atoms with E-state index in [2.05, 4.69) is 68.6 Å². The molecule has 0 aromatic heterocycles. The van der Waals surface area contributed by atoms with Gasteiger partial charge in [-0.25, -0.2) is 0 Å². The third-order valence-electron chi connectivity index (χ3n) is 3.33. The molecule has 168 valence electrons. The molecule has 0 amide bonds. The Labute approximate surface area is 266 Å². The van der Waals surface area contributed by atoms with Gasteiger partial charge in [0.05, 0.1) is 0 Å². The van der Waals surface area contributed by atoms with Gasteiger partial charge in [0.1, 0.15) is 0 Å². The Morgan fingerprint density at radius 1 is 0.229 bits per heavy atom. The van der Waals surface area contributed by atoms with E-state index in [0.717, 1.165) is 0 Å². The summed E-state index contributed by atoms with van der Waals surface area (Å²) in [4.78, 5) is 0. The standard InChI is InChI=1S/3B4O7.2Pr/c3*5-1-7-3-9-2(6)10-4(8-1)11-3;;/q3*-2;2*+3. The van der Waals surface area contributed by atoms with Gasteiger partial charge in [-0.05, 0) is 0 Å². The van der Waals surface area contributed by atoms with Gasteiger partial charge in [0.15, 0.2) is 0 Å². The van der Waals surface area contributed by atoms with Crippen LogP contribution in [0.3, 0.4) is 0 Å². The van der Waals surface area contributed by atoms with Crippen molar-refractivity contribution in [3.63, 3.8) is 0 Å². The smallest absolute Gasteiger partial charge is 0.833 e. The van der Waals surface area contributed by atoms with Gasteiger partial charge in [0, 0.05) is 0 Å². The molecule has 6 bridgehead atoms. The average Bonchev–Trinajstić information content (AvgIpc) is 2.65. The predicted octanol–water partition coefficient (Wildman–Crippen LogP) is -12.7. The molecule has 0 aromatic rings. The van der Waals surface area contributed by atoms with E-state index in [1.807, 2.05) is 0 Å². The van der Waals surface area contributed by atoms with Crippen LogP contribution in [0.5, 0.6) is 0 Å². The summed E-state index contributed by atoms with van der Waals surface area (Å²) in [6.07, 6.45) is 0. The van der Waals surface area contributed by atoms with Crippen LogP contribution in [0.25, 0.3) is 0 Å². The van der Waals surface area contributed by atoms with Crippen molar-refractivity contribution in [2.24, 2.45) is 0 Å². The molecule has 21 nitrogen and oxygen atoms in total. The Kier molecular flexibility index (Phi) is 15.7. The molecule has 35 heavy (non-hydrogen) atoms. The van der Waals surface area contributed by atoms with Crippen LogP contribution in [0.15, 0.2) is 0 Å². The second kappa shape index (κ2) is 16.2. The van der Waals surface area contributed by atoms with Gasteiger partial charge in [-0.3, -0.25) is 0 Å². The molecule has 6 rings (SSSR count). The molecule has 0 unspecified atom stereocenters. The summed E-state index contributed by atoms with van der Waals surface area (Å²) in [5, 5.41) is 62.9. The topological polar surface area (TPSA) is 277 Å². The summed E-state index contributed by atoms with van der Waals surface area (Å²) in [7, 11) is -18.0. The first-order valence-corrected chi connectivity index (χ1v) is 8.49. The van der Waals surface area contributed by atoms with Crippen LogP contribution in [0.1, 0.15) is 0 Å². The van der Waals surface area contributed by atoms with Gasteiger partial charge in [-0.15, -0.1) is 0 Å². The average molecular weight is 748 g/mol. The Morgan fingerprint density at radius 2 is 0.343 bits per heavy atom. The molecule has 35 heteroatoms. The predicted molar refractivity (Wildman–Crippen MR) is 85.3 cm³/mol. The maximum atomic E-state index is 10.5. The number of fused-ring (bicyclic) bond motifs is 6. The summed E-state index contributed by atoms with van der Waals surface area (Å²) >= 11 is 0. The Morgan fingerprint density at radius 3 is 0.457 bits per heavy atom. The molecule has 6 fully saturated rings. The molecule has 0 aromatic carbocycles. The van der Waals surface area contributed by atoms with Crippen molar-refractivity contribution in [2.45, 2.75) is 0 Å². The largest absolute Gasteiger partial charge is 3.00 e. The van der Waals surface area contributed by atoms with E-state index < -0.39 is 87.9 Å². The molecule has 0 radical (unpaired) electrons. The minimum absolute atomic E-state index is 0. The van der Waals surface area contributed by atoms with Gasteiger partial charge in [-0.2, -0.15) is 0 Å². The van der Waals surface area contributed by atoms with Gasteiger partial charge in [0.25, 0.3) is 0 Å². The van der Waals surface area contributed by atoms with Crippen molar-refractivity contribution >= 4 is 87.9 Å². The van der Waals surface area contributed by atoms with Crippen molar-refractivity contribution < 1.29 is 181 Å². The van der Waals surface area contributed by atoms with E-state index in [1.165, 1.54) is 0 Å². The van der Waals surface area contributed by atoms with Gasteiger partial charge in [0.2, 0.25) is 0 Å². The summed E-state index contributed by atoms with van der Waals surface area (Å²) in [5.41, 5.74) is 0. The van der Waals surface area contributed by atoms with Crippen LogP contribution >= 0.6 is 0 Å². The van der Waals surface area contributed by atoms with Gasteiger partial charge in [-0.1, -0.05) is 0 Å². The SMILES string of the molecule is [O-]B1OB2OB([O-])OB(O1)O2.[O-]B1OB2OB([O-])OB(O1)O2.[O-]B1OB2OB([O-])OB(O1)O2.[Pr+3].[Pr+3]. The van der Waals surface area contributed by atoms with E-state index in [9.17, 15) is 30.1 Å². The minimum atomic E-state index is -1.73. The van der Waals surface area contributed by atoms with Crippen LogP contribution in [0.4, 0.5) is 0 Å². The second-order valence-electron chi connectivity index (χ2n) is 5.51. The van der Waals surface area contributed by atoms with Crippen molar-refractivity contribution in [1.82, 2.24) is 0 Å². The van der Waals surface area contributed by atoms with Crippen molar-refractivity contribution in [3.05, 3.63) is 0 Å². The number of hydrogen-bond donors (Lipinski definition) is 0. The van der Waals surface area contributed by atoms with Gasteiger partial charge >= 0.3 is 170 Å². The quantitative estimate of drug-likeness (QED) is 0.208. The molecule has 6 heterocycles. The van der Waals surface area contributed by atoms with Crippen LogP contribution in [-0.2, 0) is 68.6 Å². The molecule has 0 aliphatic carbocycles. The third kappa shape index (κ3) is 11.2. The van der Waals surface area contributed by atoms with Crippen LogP contribution in [0.2, 0.25) is 0 Å². The summed E-state index contributed by atoms with van der Waals surface area (Å²) < 4.78 is 65.6. The first kappa shape index (κ1) is 33.9. The second-order valence-corrected chi connectivity index (χ2v) is 5.51. The molecule has 0 N–H and O–H groups in total. The Balaban J connectivity index is 0.000000180. The van der Waals surface area contributed by atoms with E-state index >= 15 is 0 Å². The molecule has 0 atom stereocenters. The summed E-state index contributed by atoms with van der Waals surface area (Å²) in [6, 6.07) is 0. The van der Waals surface area contributed by atoms with E-state index in [1.54, 1.807) is 0 Å². The van der Waals surface area contributed by atoms with E-state index in [-0.39, 0.29) is 82.6 Å². The fourth-order valence-corrected chi connectivity index (χ4v) is 2.13. The molecule has 6 saturated heterocycles. The molecule has 6 aliphatic heterocycles.